The molecule has 3 heterocycles. The van der Waals surface area contributed by atoms with Gasteiger partial charge in [-0.05, 0) is 45.2 Å². The number of benzene rings is 1. The first-order valence-electron chi connectivity index (χ1n) is 11.0. The second kappa shape index (κ2) is 9.72. The molecule has 1 atom stereocenters. The summed E-state index contributed by atoms with van der Waals surface area (Å²) in [6.07, 6.45) is 8.28. The van der Waals surface area contributed by atoms with Crippen LogP contribution < -0.4 is 5.32 Å². The molecule has 1 fully saturated rings. The summed E-state index contributed by atoms with van der Waals surface area (Å²) in [4.78, 5) is 40.7. The number of aryl methyl sites for hydroxylation is 3. The van der Waals surface area contributed by atoms with Crippen LogP contribution in [0.1, 0.15) is 59.4 Å². The Balaban J connectivity index is 1.39. The average molecular weight is 433 g/mol. The first-order valence-corrected chi connectivity index (χ1v) is 11.0. The molecule has 1 aliphatic rings. The predicted octanol–water partition coefficient (Wildman–Crippen LogP) is 3.69. The molecule has 0 unspecified atom stereocenters. The minimum absolute atomic E-state index is 0.123. The van der Waals surface area contributed by atoms with Crippen LogP contribution in [0.2, 0.25) is 0 Å². The van der Waals surface area contributed by atoms with Crippen molar-refractivity contribution < 1.29 is 9.59 Å². The van der Waals surface area contributed by atoms with E-state index in [1.165, 1.54) is 0 Å². The second-order valence-electron chi connectivity index (χ2n) is 8.06. The van der Waals surface area contributed by atoms with Gasteiger partial charge in [-0.1, -0.05) is 18.2 Å². The van der Waals surface area contributed by atoms with Gasteiger partial charge in [-0.15, -0.1) is 0 Å². The van der Waals surface area contributed by atoms with Gasteiger partial charge in [0.05, 0.1) is 17.3 Å². The number of para-hydroxylation sites is 1. The molecule has 0 radical (unpaired) electrons. The molecule has 0 saturated carbocycles. The van der Waals surface area contributed by atoms with Crippen molar-refractivity contribution in [3.63, 3.8) is 0 Å². The Labute approximate surface area is 187 Å². The summed E-state index contributed by atoms with van der Waals surface area (Å²) in [6.45, 7) is 5.25. The van der Waals surface area contributed by atoms with E-state index in [1.807, 2.05) is 48.4 Å². The summed E-state index contributed by atoms with van der Waals surface area (Å²) in [5.74, 6) is 1.44. The summed E-state index contributed by atoms with van der Waals surface area (Å²) < 4.78 is 2.06. The molecule has 3 aromatic rings. The van der Waals surface area contributed by atoms with E-state index in [1.54, 1.807) is 19.3 Å². The number of likely N-dealkylation sites (tertiary alicyclic amines) is 1. The zero-order valence-corrected chi connectivity index (χ0v) is 18.5. The standard InChI is InChI=1S/C24H28N6O2/c1-17-20(24(32)28-19-8-4-3-5-9-19)16-26-23(27-17)21-10-6-14-30(21)22(31)11-7-13-29-15-12-25-18(29)2/h3-5,8-9,12,15-16,21H,6-7,10-11,13-14H2,1-2H3,(H,28,32)/t21-/m1/s1. The lowest BCUT2D eigenvalue weighted by Gasteiger charge is -2.24. The summed E-state index contributed by atoms with van der Waals surface area (Å²) in [6, 6.07) is 9.15. The largest absolute Gasteiger partial charge is 0.335 e. The van der Waals surface area contributed by atoms with Gasteiger partial charge in [0.25, 0.3) is 5.91 Å². The molecule has 4 rings (SSSR count). The monoisotopic (exact) mass is 432 g/mol. The van der Waals surface area contributed by atoms with Crippen molar-refractivity contribution in [2.24, 2.45) is 0 Å². The maximum Gasteiger partial charge on any atom is 0.259 e. The maximum absolute atomic E-state index is 12.9. The summed E-state index contributed by atoms with van der Waals surface area (Å²) in [7, 11) is 0. The van der Waals surface area contributed by atoms with Crippen molar-refractivity contribution in [3.05, 3.63) is 71.8 Å². The molecule has 8 nitrogen and oxygen atoms in total. The van der Waals surface area contributed by atoms with Gasteiger partial charge in [-0.3, -0.25) is 9.59 Å². The first-order chi connectivity index (χ1) is 15.5. The van der Waals surface area contributed by atoms with E-state index in [0.29, 0.717) is 30.0 Å². The Hall–Kier alpha value is -3.55. The van der Waals surface area contributed by atoms with E-state index >= 15 is 0 Å². The highest BCUT2D eigenvalue weighted by Crippen LogP contribution is 2.31. The van der Waals surface area contributed by atoms with Gasteiger partial charge < -0.3 is 14.8 Å². The lowest BCUT2D eigenvalue weighted by molar-refractivity contribution is -0.132. The summed E-state index contributed by atoms with van der Waals surface area (Å²) >= 11 is 0. The highest BCUT2D eigenvalue weighted by atomic mass is 16.2. The summed E-state index contributed by atoms with van der Waals surface area (Å²) in [5.41, 5.74) is 1.77. The SMILES string of the molecule is Cc1nc([C@H]2CCCN2C(=O)CCCn2ccnc2C)ncc1C(=O)Nc1ccccc1. The first kappa shape index (κ1) is 21.7. The Kier molecular flexibility index (Phi) is 6.58. The fourth-order valence-electron chi connectivity index (χ4n) is 4.11. The number of carbonyl (C=O) groups excluding carboxylic acids is 2. The maximum atomic E-state index is 12.9. The van der Waals surface area contributed by atoms with E-state index in [2.05, 4.69) is 24.8 Å². The molecule has 0 bridgehead atoms. The molecule has 0 spiro atoms. The number of carbonyl (C=O) groups is 2. The Morgan fingerprint density at radius 3 is 2.69 bits per heavy atom. The number of amides is 2. The van der Waals surface area contributed by atoms with E-state index < -0.39 is 0 Å². The van der Waals surface area contributed by atoms with E-state index in [-0.39, 0.29) is 17.9 Å². The minimum atomic E-state index is -0.241. The second-order valence-corrected chi connectivity index (χ2v) is 8.06. The van der Waals surface area contributed by atoms with Crippen molar-refractivity contribution in [3.8, 4) is 0 Å². The van der Waals surface area contributed by atoms with Gasteiger partial charge >= 0.3 is 0 Å². The molecule has 2 aromatic heterocycles. The van der Waals surface area contributed by atoms with Crippen LogP contribution >= 0.6 is 0 Å². The smallest absolute Gasteiger partial charge is 0.259 e. The lowest BCUT2D eigenvalue weighted by atomic mass is 10.1. The number of rotatable bonds is 7. The molecule has 1 N–H and O–H groups in total. The lowest BCUT2D eigenvalue weighted by Crippen LogP contribution is -2.31. The Morgan fingerprint density at radius 2 is 1.97 bits per heavy atom. The molecular formula is C24H28N6O2. The zero-order valence-electron chi connectivity index (χ0n) is 18.5. The molecule has 166 valence electrons. The molecule has 2 amide bonds. The quantitative estimate of drug-likeness (QED) is 0.615. The van der Waals surface area contributed by atoms with Crippen LogP contribution in [-0.4, -0.2) is 42.8 Å². The fourth-order valence-corrected chi connectivity index (χ4v) is 4.11. The van der Waals surface area contributed by atoms with Crippen LogP contribution in [0.3, 0.4) is 0 Å². The fraction of sp³-hybridized carbons (Fsp3) is 0.375. The molecule has 1 saturated heterocycles. The van der Waals surface area contributed by atoms with Crippen molar-refractivity contribution in [1.29, 1.82) is 0 Å². The van der Waals surface area contributed by atoms with Crippen molar-refractivity contribution in [2.75, 3.05) is 11.9 Å². The van der Waals surface area contributed by atoms with E-state index in [4.69, 9.17) is 0 Å². The third-order valence-corrected chi connectivity index (χ3v) is 5.86. The van der Waals surface area contributed by atoms with E-state index in [0.717, 1.165) is 37.3 Å². The van der Waals surface area contributed by atoms with Gasteiger partial charge in [-0.2, -0.15) is 0 Å². The van der Waals surface area contributed by atoms with E-state index in [9.17, 15) is 9.59 Å². The molecular weight excluding hydrogens is 404 g/mol. The van der Waals surface area contributed by atoms with Gasteiger partial charge in [0.2, 0.25) is 5.91 Å². The van der Waals surface area contributed by atoms with Gasteiger partial charge in [-0.25, -0.2) is 15.0 Å². The Bertz CT molecular complexity index is 1090. The average Bonchev–Trinajstić information content (AvgIpc) is 3.43. The molecule has 1 aliphatic heterocycles. The summed E-state index contributed by atoms with van der Waals surface area (Å²) in [5, 5.41) is 2.86. The third-order valence-electron chi connectivity index (χ3n) is 5.86. The van der Waals surface area contributed by atoms with Crippen molar-refractivity contribution in [2.45, 2.75) is 52.1 Å². The van der Waals surface area contributed by atoms with Gasteiger partial charge in [0.15, 0.2) is 5.82 Å². The third kappa shape index (κ3) is 4.85. The number of aromatic nitrogens is 4. The number of nitrogens with zero attached hydrogens (tertiary/aromatic N) is 5. The number of nitrogens with one attached hydrogen (secondary N) is 1. The van der Waals surface area contributed by atoms with Crippen LogP contribution in [-0.2, 0) is 11.3 Å². The zero-order chi connectivity index (χ0) is 22.5. The highest BCUT2D eigenvalue weighted by molar-refractivity contribution is 6.04. The molecule has 32 heavy (non-hydrogen) atoms. The van der Waals surface area contributed by atoms with Crippen LogP contribution in [0, 0.1) is 13.8 Å². The van der Waals surface area contributed by atoms with Crippen molar-refractivity contribution in [1.82, 2.24) is 24.4 Å². The molecule has 8 heteroatoms. The highest BCUT2D eigenvalue weighted by Gasteiger charge is 2.32. The minimum Gasteiger partial charge on any atom is -0.335 e. The Morgan fingerprint density at radius 1 is 1.16 bits per heavy atom. The van der Waals surface area contributed by atoms with Gasteiger partial charge in [0.1, 0.15) is 5.82 Å². The van der Waals surface area contributed by atoms with Crippen molar-refractivity contribution >= 4 is 17.5 Å². The van der Waals surface area contributed by atoms with Gasteiger partial charge in [0, 0.05) is 43.8 Å². The van der Waals surface area contributed by atoms with Crippen LogP contribution in [0.15, 0.2) is 48.9 Å². The van der Waals surface area contributed by atoms with Crippen LogP contribution in [0.4, 0.5) is 5.69 Å². The number of hydrogen-bond donors (Lipinski definition) is 1. The number of anilines is 1. The number of imidazole rings is 1. The molecule has 0 aliphatic carbocycles. The normalized spacial score (nSPS) is 15.7. The van der Waals surface area contributed by atoms with Crippen LogP contribution in [0.5, 0.6) is 0 Å². The predicted molar refractivity (Wildman–Crippen MR) is 121 cm³/mol. The number of hydrogen-bond acceptors (Lipinski definition) is 5. The molecule has 1 aromatic carbocycles. The topological polar surface area (TPSA) is 93.0 Å². The van der Waals surface area contributed by atoms with Crippen LogP contribution in [0.25, 0.3) is 0 Å².